The van der Waals surface area contributed by atoms with E-state index in [1.54, 1.807) is 13.8 Å². The second-order valence-corrected chi connectivity index (χ2v) is 7.78. The van der Waals surface area contributed by atoms with Crippen LogP contribution in [0.5, 0.6) is 0 Å². The Morgan fingerprint density at radius 3 is 1.89 bits per heavy atom. The number of nitrogens with zero attached hydrogens (tertiary/aromatic N) is 3. The predicted octanol–water partition coefficient (Wildman–Crippen LogP) is 2.24. The van der Waals surface area contributed by atoms with E-state index in [0.717, 1.165) is 10.1 Å². The topological polar surface area (TPSA) is 70.4 Å². The second kappa shape index (κ2) is 3.55. The quantitative estimate of drug-likeness (QED) is 0.626. The number of thioether (sulfide) groups is 1. The molecule has 0 bridgehead atoms. The van der Waals surface area contributed by atoms with Gasteiger partial charge >= 0.3 is 0 Å². The molecular formula is C11H21N3O3S. The largest absolute Gasteiger partial charge is 0.312 e. The van der Waals surface area contributed by atoms with Crippen molar-refractivity contribution in [1.29, 1.82) is 0 Å². The fraction of sp³-hybridized carbons (Fsp3) is 0.818. The number of hydrogen-bond donors (Lipinski definition) is 3. The zero-order valence-corrected chi connectivity index (χ0v) is 12.4. The molecule has 0 spiro atoms. The summed E-state index contributed by atoms with van der Waals surface area (Å²) in [5, 5.41) is 34.7. The Morgan fingerprint density at radius 2 is 1.39 bits per heavy atom. The molecule has 0 aliphatic carbocycles. The highest BCUT2D eigenvalue weighted by Gasteiger charge is 2.57. The molecule has 0 radical (unpaired) electrons. The highest BCUT2D eigenvalue weighted by molar-refractivity contribution is 8.04. The van der Waals surface area contributed by atoms with E-state index < -0.39 is 16.1 Å². The fourth-order valence-electron chi connectivity index (χ4n) is 2.47. The zero-order valence-electron chi connectivity index (χ0n) is 11.6. The van der Waals surface area contributed by atoms with Crippen LogP contribution in [0.4, 0.5) is 0 Å². The second-order valence-electron chi connectivity index (χ2n) is 6.19. The Hall–Kier alpha value is -0.470. The monoisotopic (exact) mass is 275 g/mol. The molecule has 2 heterocycles. The summed E-state index contributed by atoms with van der Waals surface area (Å²) in [6.45, 7) is 10.8. The Kier molecular flexibility index (Phi) is 2.75. The van der Waals surface area contributed by atoms with Gasteiger partial charge in [-0.25, -0.2) is 10.1 Å². The molecule has 18 heavy (non-hydrogen) atoms. The molecule has 0 atom stereocenters. The van der Waals surface area contributed by atoms with Gasteiger partial charge in [0.1, 0.15) is 5.03 Å². The van der Waals surface area contributed by atoms with E-state index in [1.165, 1.54) is 16.8 Å². The third-order valence-electron chi connectivity index (χ3n) is 3.61. The Morgan fingerprint density at radius 1 is 0.889 bits per heavy atom. The summed E-state index contributed by atoms with van der Waals surface area (Å²) in [5.41, 5.74) is -1.24. The lowest BCUT2D eigenvalue weighted by atomic mass is 9.98. The van der Waals surface area contributed by atoms with Crippen molar-refractivity contribution < 1.29 is 15.6 Å². The van der Waals surface area contributed by atoms with Crippen molar-refractivity contribution >= 4 is 11.8 Å². The average molecular weight is 275 g/mol. The fourth-order valence-corrected chi connectivity index (χ4v) is 4.00. The molecular weight excluding hydrogens is 254 g/mol. The van der Waals surface area contributed by atoms with E-state index in [4.69, 9.17) is 0 Å². The summed E-state index contributed by atoms with van der Waals surface area (Å²) >= 11 is 1.31. The van der Waals surface area contributed by atoms with Gasteiger partial charge in [-0.05, 0) is 41.5 Å². The molecule has 0 saturated carbocycles. The lowest BCUT2D eigenvalue weighted by Crippen LogP contribution is -2.57. The van der Waals surface area contributed by atoms with E-state index >= 15 is 0 Å². The Bertz CT molecular complexity index is 420. The van der Waals surface area contributed by atoms with Gasteiger partial charge in [-0.1, -0.05) is 11.8 Å². The van der Waals surface area contributed by atoms with Crippen LogP contribution in [0.15, 0.2) is 10.7 Å². The van der Waals surface area contributed by atoms with Crippen LogP contribution in [-0.2, 0) is 0 Å². The van der Waals surface area contributed by atoms with Crippen LogP contribution in [0.1, 0.15) is 41.5 Å². The first-order chi connectivity index (χ1) is 7.94. The molecule has 7 heteroatoms. The first-order valence-electron chi connectivity index (χ1n) is 5.85. The Balaban J connectivity index is 2.59. The third-order valence-corrected chi connectivity index (χ3v) is 4.84. The molecule has 0 fully saturated rings. The minimum Gasteiger partial charge on any atom is -0.312 e. The van der Waals surface area contributed by atoms with Crippen LogP contribution in [0.2, 0.25) is 0 Å². The predicted molar refractivity (Wildman–Crippen MR) is 67.7 cm³/mol. The van der Waals surface area contributed by atoms with Gasteiger partial charge in [0.05, 0.1) is 16.1 Å². The molecule has 0 aromatic heterocycles. The maximum Gasteiger partial charge on any atom is 0.157 e. The molecule has 0 saturated heterocycles. The smallest absolute Gasteiger partial charge is 0.157 e. The SMILES string of the molecule is CC1(C)SC2=C(N(O)C(C)(C)N2O)C(C)(C)N1O. The van der Waals surface area contributed by atoms with Crippen LogP contribution in [-0.4, -0.2) is 46.9 Å². The standard InChI is InChI=1S/C11H21N3O3S/c1-9(2)7-8(18-11(5,6)14(9)17)13(16)10(3,4)12(7)15/h15-17H,1-6H3. The van der Waals surface area contributed by atoms with Crippen LogP contribution >= 0.6 is 11.8 Å². The van der Waals surface area contributed by atoms with E-state index in [-0.39, 0.29) is 0 Å². The van der Waals surface area contributed by atoms with Crippen LogP contribution in [0.25, 0.3) is 0 Å². The highest BCUT2D eigenvalue weighted by atomic mass is 32.2. The molecule has 0 aromatic rings. The van der Waals surface area contributed by atoms with Crippen LogP contribution in [0.3, 0.4) is 0 Å². The maximum absolute atomic E-state index is 10.3. The third kappa shape index (κ3) is 1.51. The molecule has 6 nitrogen and oxygen atoms in total. The summed E-state index contributed by atoms with van der Waals surface area (Å²) < 4.78 is 0. The lowest BCUT2D eigenvalue weighted by molar-refractivity contribution is -0.250. The minimum absolute atomic E-state index is 0.502. The molecule has 2 aliphatic rings. The molecule has 2 aliphatic heterocycles. The average Bonchev–Trinajstić information content (AvgIpc) is 2.38. The molecule has 3 N–H and O–H groups in total. The van der Waals surface area contributed by atoms with Gasteiger partial charge in [-0.15, -0.1) is 0 Å². The summed E-state index contributed by atoms with van der Waals surface area (Å²) in [4.78, 5) is -0.593. The van der Waals surface area contributed by atoms with Crippen molar-refractivity contribution in [1.82, 2.24) is 15.2 Å². The van der Waals surface area contributed by atoms with Crippen molar-refractivity contribution in [2.45, 2.75) is 57.6 Å². The first-order valence-corrected chi connectivity index (χ1v) is 6.67. The number of hydroxylamine groups is 6. The molecule has 104 valence electrons. The van der Waals surface area contributed by atoms with Gasteiger partial charge in [0.25, 0.3) is 0 Å². The zero-order chi connectivity index (χ0) is 14.1. The molecule has 0 unspecified atom stereocenters. The lowest BCUT2D eigenvalue weighted by Gasteiger charge is -2.48. The first kappa shape index (κ1) is 14.0. The maximum atomic E-state index is 10.3. The summed E-state index contributed by atoms with van der Waals surface area (Å²) in [6.07, 6.45) is 0. The Labute approximate surface area is 111 Å². The van der Waals surface area contributed by atoms with E-state index in [1.807, 2.05) is 27.7 Å². The number of rotatable bonds is 0. The number of hydrogen-bond acceptors (Lipinski definition) is 7. The van der Waals surface area contributed by atoms with Crippen LogP contribution < -0.4 is 0 Å². The van der Waals surface area contributed by atoms with Gasteiger partial charge in [-0.2, -0.15) is 5.06 Å². The van der Waals surface area contributed by atoms with Crippen LogP contribution in [0, 0.1) is 0 Å². The van der Waals surface area contributed by atoms with Crippen molar-refractivity contribution in [3.63, 3.8) is 0 Å². The van der Waals surface area contributed by atoms with Gasteiger partial charge in [-0.3, -0.25) is 10.4 Å². The van der Waals surface area contributed by atoms with Crippen molar-refractivity contribution in [2.24, 2.45) is 0 Å². The van der Waals surface area contributed by atoms with E-state index in [2.05, 4.69) is 0 Å². The summed E-state index contributed by atoms with van der Waals surface area (Å²) in [7, 11) is 0. The summed E-state index contributed by atoms with van der Waals surface area (Å²) in [5.74, 6) is 0. The highest BCUT2D eigenvalue weighted by Crippen LogP contribution is 2.54. The normalized spacial score (nSPS) is 29.8. The minimum atomic E-state index is -0.948. The van der Waals surface area contributed by atoms with Gasteiger partial charge in [0, 0.05) is 0 Å². The van der Waals surface area contributed by atoms with Gasteiger partial charge in [0.15, 0.2) is 5.66 Å². The summed E-state index contributed by atoms with van der Waals surface area (Å²) in [6, 6.07) is 0. The van der Waals surface area contributed by atoms with Crippen molar-refractivity contribution in [3.8, 4) is 0 Å². The molecule has 0 aromatic carbocycles. The molecule has 2 rings (SSSR count). The van der Waals surface area contributed by atoms with Gasteiger partial charge < -0.3 is 5.21 Å². The van der Waals surface area contributed by atoms with Crippen molar-refractivity contribution in [3.05, 3.63) is 10.7 Å². The van der Waals surface area contributed by atoms with Crippen molar-refractivity contribution in [2.75, 3.05) is 0 Å². The van der Waals surface area contributed by atoms with E-state index in [9.17, 15) is 15.6 Å². The van der Waals surface area contributed by atoms with Gasteiger partial charge in [0.2, 0.25) is 0 Å². The molecule has 0 amide bonds. The van der Waals surface area contributed by atoms with E-state index in [0.29, 0.717) is 10.7 Å².